The van der Waals surface area contributed by atoms with Gasteiger partial charge in [-0.1, -0.05) is 17.7 Å². The number of anilines is 2. The molecule has 0 saturated carbocycles. The van der Waals surface area contributed by atoms with Crippen molar-refractivity contribution in [3.05, 3.63) is 47.7 Å². The van der Waals surface area contributed by atoms with Crippen molar-refractivity contribution in [2.24, 2.45) is 0 Å². The van der Waals surface area contributed by atoms with Crippen molar-refractivity contribution in [3.8, 4) is 5.75 Å². The van der Waals surface area contributed by atoms with E-state index in [2.05, 4.69) is 10.3 Å². The average Bonchev–Trinajstić information content (AvgIpc) is 2.37. The van der Waals surface area contributed by atoms with Gasteiger partial charge < -0.3 is 15.8 Å². The monoisotopic (exact) mass is 263 g/mol. The molecule has 4 nitrogen and oxygen atoms in total. The fourth-order valence-corrected chi connectivity index (χ4v) is 1.66. The molecule has 2 aromatic rings. The molecule has 0 fully saturated rings. The molecule has 0 spiro atoms. The van der Waals surface area contributed by atoms with Gasteiger partial charge in [0.2, 0.25) is 0 Å². The summed E-state index contributed by atoms with van der Waals surface area (Å²) in [4.78, 5) is 3.91. The van der Waals surface area contributed by atoms with Crippen molar-refractivity contribution >= 4 is 23.0 Å². The van der Waals surface area contributed by atoms with Gasteiger partial charge in [0.1, 0.15) is 12.4 Å². The summed E-state index contributed by atoms with van der Waals surface area (Å²) in [6, 6.07) is 9.16. The predicted molar refractivity (Wildman–Crippen MR) is 74.1 cm³/mol. The van der Waals surface area contributed by atoms with E-state index in [0.29, 0.717) is 23.9 Å². The highest BCUT2D eigenvalue weighted by molar-refractivity contribution is 6.33. The highest BCUT2D eigenvalue weighted by Gasteiger charge is 1.98. The molecule has 0 saturated heterocycles. The van der Waals surface area contributed by atoms with Crippen LogP contribution in [0, 0.1) is 0 Å². The van der Waals surface area contributed by atoms with Crippen LogP contribution in [0.3, 0.4) is 0 Å². The molecule has 18 heavy (non-hydrogen) atoms. The first kappa shape index (κ1) is 12.5. The summed E-state index contributed by atoms with van der Waals surface area (Å²) < 4.78 is 5.55. The van der Waals surface area contributed by atoms with E-state index >= 15 is 0 Å². The van der Waals surface area contributed by atoms with Gasteiger partial charge in [0, 0.05) is 30.7 Å². The van der Waals surface area contributed by atoms with Gasteiger partial charge in [-0.3, -0.25) is 4.98 Å². The molecule has 0 aliphatic heterocycles. The number of ether oxygens (including phenoxy) is 1. The number of nitrogens with two attached hydrogens (primary N) is 1. The van der Waals surface area contributed by atoms with Gasteiger partial charge in [0.25, 0.3) is 0 Å². The molecule has 1 aromatic heterocycles. The fourth-order valence-electron chi connectivity index (χ4n) is 1.48. The van der Waals surface area contributed by atoms with Crippen molar-refractivity contribution in [1.29, 1.82) is 0 Å². The van der Waals surface area contributed by atoms with Gasteiger partial charge in [-0.25, -0.2) is 0 Å². The molecule has 1 heterocycles. The van der Waals surface area contributed by atoms with Crippen molar-refractivity contribution < 1.29 is 4.74 Å². The van der Waals surface area contributed by atoms with E-state index in [9.17, 15) is 0 Å². The lowest BCUT2D eigenvalue weighted by Crippen LogP contribution is -2.11. The largest absolute Gasteiger partial charge is 0.492 e. The van der Waals surface area contributed by atoms with Crippen LogP contribution in [0.25, 0.3) is 0 Å². The molecule has 0 aliphatic carbocycles. The average molecular weight is 264 g/mol. The lowest BCUT2D eigenvalue weighted by atomic mass is 10.3. The summed E-state index contributed by atoms with van der Waals surface area (Å²) in [6.07, 6.45) is 3.29. The van der Waals surface area contributed by atoms with Crippen LogP contribution >= 0.6 is 11.6 Å². The molecule has 0 atom stereocenters. The number of aromatic nitrogens is 1. The second-order valence-corrected chi connectivity index (χ2v) is 4.11. The van der Waals surface area contributed by atoms with Gasteiger partial charge in [-0.15, -0.1) is 0 Å². The summed E-state index contributed by atoms with van der Waals surface area (Å²) in [5.41, 5.74) is 7.20. The summed E-state index contributed by atoms with van der Waals surface area (Å²) >= 11 is 5.96. The van der Waals surface area contributed by atoms with Crippen molar-refractivity contribution in [3.63, 3.8) is 0 Å². The number of rotatable bonds is 5. The predicted octanol–water partition coefficient (Wildman–Crippen LogP) is 2.81. The van der Waals surface area contributed by atoms with E-state index in [1.807, 2.05) is 24.3 Å². The van der Waals surface area contributed by atoms with Crippen LogP contribution in [0.15, 0.2) is 42.7 Å². The normalized spacial score (nSPS) is 10.1. The zero-order chi connectivity index (χ0) is 12.8. The summed E-state index contributed by atoms with van der Waals surface area (Å²) in [5, 5.41) is 3.77. The Hall–Kier alpha value is -1.94. The van der Waals surface area contributed by atoms with Gasteiger partial charge in [0.05, 0.1) is 10.7 Å². The third kappa shape index (κ3) is 3.53. The minimum atomic E-state index is 0.530. The van der Waals surface area contributed by atoms with Crippen molar-refractivity contribution in [2.45, 2.75) is 0 Å². The maximum absolute atomic E-state index is 5.96. The molecule has 0 amide bonds. The Kier molecular flexibility index (Phi) is 4.25. The number of halogens is 1. The Bertz CT molecular complexity index is 519. The maximum atomic E-state index is 5.96. The number of benzene rings is 1. The molecular formula is C13H14ClN3O. The number of nitrogens with zero attached hydrogens (tertiary/aromatic N) is 1. The lowest BCUT2D eigenvalue weighted by molar-refractivity contribution is 0.333. The Morgan fingerprint density at radius 1 is 1.33 bits per heavy atom. The van der Waals surface area contributed by atoms with Gasteiger partial charge in [-0.05, 0) is 18.2 Å². The molecule has 0 aliphatic rings. The lowest BCUT2D eigenvalue weighted by Gasteiger charge is -2.09. The van der Waals surface area contributed by atoms with Gasteiger partial charge in [-0.2, -0.15) is 0 Å². The summed E-state index contributed by atoms with van der Waals surface area (Å²) in [5.74, 6) is 0.762. The van der Waals surface area contributed by atoms with E-state index in [1.165, 1.54) is 0 Å². The summed E-state index contributed by atoms with van der Waals surface area (Å²) in [6.45, 7) is 1.18. The zero-order valence-electron chi connectivity index (χ0n) is 9.77. The summed E-state index contributed by atoms with van der Waals surface area (Å²) in [7, 11) is 0. The number of nitrogens with one attached hydrogen (secondary N) is 1. The molecular weight excluding hydrogens is 250 g/mol. The number of pyridine rings is 1. The molecule has 94 valence electrons. The van der Waals surface area contributed by atoms with E-state index in [4.69, 9.17) is 22.1 Å². The third-order valence-corrected chi connectivity index (χ3v) is 2.62. The minimum absolute atomic E-state index is 0.530. The smallest absolute Gasteiger partial charge is 0.121 e. The van der Waals surface area contributed by atoms with Crippen LogP contribution in [-0.2, 0) is 0 Å². The van der Waals surface area contributed by atoms with E-state index in [-0.39, 0.29) is 0 Å². The molecule has 5 heteroatoms. The van der Waals surface area contributed by atoms with E-state index in [1.54, 1.807) is 18.5 Å². The molecule has 0 bridgehead atoms. The van der Waals surface area contributed by atoms with Crippen LogP contribution in [0.4, 0.5) is 11.4 Å². The Labute approximate surface area is 111 Å². The number of hydrogen-bond donors (Lipinski definition) is 2. The standard InChI is InChI=1S/C13H14ClN3O/c14-12-9-16-5-4-13(12)17-6-7-18-11-3-1-2-10(15)8-11/h1-5,8-9H,6-7,15H2,(H,16,17). The molecule has 3 N–H and O–H groups in total. The van der Waals surface area contributed by atoms with E-state index in [0.717, 1.165) is 11.4 Å². The molecule has 0 unspecified atom stereocenters. The quantitative estimate of drug-likeness (QED) is 0.643. The van der Waals surface area contributed by atoms with Gasteiger partial charge in [0.15, 0.2) is 0 Å². The Balaban J connectivity index is 1.78. The zero-order valence-corrected chi connectivity index (χ0v) is 10.5. The SMILES string of the molecule is Nc1cccc(OCCNc2ccncc2Cl)c1. The van der Waals surface area contributed by atoms with Crippen LogP contribution < -0.4 is 15.8 Å². The van der Waals surface area contributed by atoms with Gasteiger partial charge >= 0.3 is 0 Å². The first-order valence-corrected chi connectivity index (χ1v) is 5.95. The van der Waals surface area contributed by atoms with Crippen molar-refractivity contribution in [1.82, 2.24) is 4.98 Å². The molecule has 0 radical (unpaired) electrons. The van der Waals surface area contributed by atoms with Crippen LogP contribution in [-0.4, -0.2) is 18.1 Å². The number of hydrogen-bond acceptors (Lipinski definition) is 4. The topological polar surface area (TPSA) is 60.2 Å². The second-order valence-electron chi connectivity index (χ2n) is 3.70. The Morgan fingerprint density at radius 2 is 2.22 bits per heavy atom. The number of nitrogen functional groups attached to an aromatic ring is 1. The minimum Gasteiger partial charge on any atom is -0.492 e. The van der Waals surface area contributed by atoms with Crippen molar-refractivity contribution in [2.75, 3.05) is 24.2 Å². The fraction of sp³-hybridized carbons (Fsp3) is 0.154. The second kappa shape index (κ2) is 6.12. The molecule has 2 rings (SSSR count). The Morgan fingerprint density at radius 3 is 3.00 bits per heavy atom. The maximum Gasteiger partial charge on any atom is 0.121 e. The highest BCUT2D eigenvalue weighted by Crippen LogP contribution is 2.19. The van der Waals surface area contributed by atoms with Crippen LogP contribution in [0.1, 0.15) is 0 Å². The first-order valence-electron chi connectivity index (χ1n) is 5.57. The van der Waals surface area contributed by atoms with E-state index < -0.39 is 0 Å². The first-order chi connectivity index (χ1) is 8.75. The van der Waals surface area contributed by atoms with Crippen LogP contribution in [0.2, 0.25) is 5.02 Å². The molecule has 1 aromatic carbocycles. The highest BCUT2D eigenvalue weighted by atomic mass is 35.5. The van der Waals surface area contributed by atoms with Crippen LogP contribution in [0.5, 0.6) is 5.75 Å². The third-order valence-electron chi connectivity index (χ3n) is 2.32.